The molecule has 3 aromatic carbocycles. The van der Waals surface area contributed by atoms with Crippen molar-refractivity contribution in [3.8, 4) is 5.75 Å². The molecule has 1 heterocycles. The maximum absolute atomic E-state index is 13.4. The molecule has 170 valence electrons. The fourth-order valence-electron chi connectivity index (χ4n) is 4.17. The molecule has 2 amide bonds. The van der Waals surface area contributed by atoms with Crippen molar-refractivity contribution in [2.24, 2.45) is 0 Å². The zero-order valence-corrected chi connectivity index (χ0v) is 19.6. The second-order valence-electron chi connectivity index (χ2n) is 7.98. The molecule has 3 aromatic rings. The van der Waals surface area contributed by atoms with Gasteiger partial charge in [-0.05, 0) is 74.0 Å². The van der Waals surface area contributed by atoms with Gasteiger partial charge in [-0.3, -0.25) is 9.59 Å². The fraction of sp³-hybridized carbons (Fsp3) is 0.231. The molecule has 7 heteroatoms. The molecule has 4 rings (SSSR count). The van der Waals surface area contributed by atoms with Gasteiger partial charge in [-0.2, -0.15) is 0 Å². The van der Waals surface area contributed by atoms with E-state index in [0.717, 1.165) is 29.0 Å². The number of methoxy groups -OCH3 is 1. The predicted octanol–water partition coefficient (Wildman–Crippen LogP) is 5.22. The Hall–Kier alpha value is -3.35. The maximum atomic E-state index is 13.4. The molecule has 0 radical (unpaired) electrons. The summed E-state index contributed by atoms with van der Waals surface area (Å²) in [5, 5.41) is 6.45. The molecular formula is C26H26ClN3O3. The number of hydrogen-bond acceptors (Lipinski definition) is 4. The third-order valence-corrected chi connectivity index (χ3v) is 6.30. The summed E-state index contributed by atoms with van der Waals surface area (Å²) in [6, 6.07) is 18.2. The predicted molar refractivity (Wildman–Crippen MR) is 132 cm³/mol. The van der Waals surface area contributed by atoms with E-state index in [1.165, 1.54) is 0 Å². The number of rotatable bonds is 5. The lowest BCUT2D eigenvalue weighted by molar-refractivity contribution is 0.0982. The minimum atomic E-state index is -0.222. The van der Waals surface area contributed by atoms with Gasteiger partial charge in [-0.25, -0.2) is 0 Å². The number of aryl methyl sites for hydroxylation is 1. The molecular weight excluding hydrogens is 438 g/mol. The van der Waals surface area contributed by atoms with Gasteiger partial charge in [0.15, 0.2) is 0 Å². The van der Waals surface area contributed by atoms with Gasteiger partial charge in [0.05, 0.1) is 17.7 Å². The largest absolute Gasteiger partial charge is 0.497 e. The van der Waals surface area contributed by atoms with E-state index in [2.05, 4.69) is 10.6 Å². The standard InChI is InChI=1S/C26H26ClN3O3/c1-16-6-4-5-7-19(16)25(31)29-17-8-10-20(22(27)14-17)26(32)30-13-12-23(28-2)21-15-18(33-3)9-11-24(21)30/h4-11,14-15,23,28H,12-13H2,1-3H3,(H,29,31). The normalized spacial score (nSPS) is 15.0. The first-order valence-corrected chi connectivity index (χ1v) is 11.1. The molecule has 0 aromatic heterocycles. The molecule has 0 saturated carbocycles. The lowest BCUT2D eigenvalue weighted by atomic mass is 9.95. The summed E-state index contributed by atoms with van der Waals surface area (Å²) in [7, 11) is 3.54. The van der Waals surface area contributed by atoms with Crippen molar-refractivity contribution in [1.29, 1.82) is 0 Å². The van der Waals surface area contributed by atoms with Gasteiger partial charge in [-0.15, -0.1) is 0 Å². The van der Waals surface area contributed by atoms with Crippen molar-refractivity contribution >= 4 is 34.8 Å². The third kappa shape index (κ3) is 4.58. The minimum Gasteiger partial charge on any atom is -0.497 e. The van der Waals surface area contributed by atoms with Gasteiger partial charge >= 0.3 is 0 Å². The van der Waals surface area contributed by atoms with Gasteiger partial charge in [-0.1, -0.05) is 29.8 Å². The summed E-state index contributed by atoms with van der Waals surface area (Å²) in [5.74, 6) is 0.341. The van der Waals surface area contributed by atoms with Crippen LogP contribution in [0, 0.1) is 6.92 Å². The second-order valence-corrected chi connectivity index (χ2v) is 8.38. The van der Waals surface area contributed by atoms with Crippen LogP contribution >= 0.6 is 11.6 Å². The van der Waals surface area contributed by atoms with Crippen molar-refractivity contribution in [3.05, 3.63) is 87.9 Å². The van der Waals surface area contributed by atoms with Crippen LogP contribution < -0.4 is 20.3 Å². The molecule has 1 atom stereocenters. The van der Waals surface area contributed by atoms with Crippen molar-refractivity contribution in [2.45, 2.75) is 19.4 Å². The molecule has 1 aliphatic rings. The molecule has 6 nitrogen and oxygen atoms in total. The number of ether oxygens (including phenoxy) is 1. The summed E-state index contributed by atoms with van der Waals surface area (Å²) in [5.41, 5.74) is 4.23. The molecule has 0 spiro atoms. The van der Waals surface area contributed by atoms with Gasteiger partial charge in [0.1, 0.15) is 5.75 Å². The molecule has 33 heavy (non-hydrogen) atoms. The maximum Gasteiger partial charge on any atom is 0.259 e. The highest BCUT2D eigenvalue weighted by Crippen LogP contribution is 2.37. The number of fused-ring (bicyclic) bond motifs is 1. The first kappa shape index (κ1) is 22.8. The van der Waals surface area contributed by atoms with Crippen molar-refractivity contribution in [1.82, 2.24) is 5.32 Å². The van der Waals surface area contributed by atoms with E-state index in [1.807, 2.05) is 50.4 Å². The van der Waals surface area contributed by atoms with Crippen LogP contribution in [0.15, 0.2) is 60.7 Å². The molecule has 1 aliphatic heterocycles. The highest BCUT2D eigenvalue weighted by atomic mass is 35.5. The van der Waals surface area contributed by atoms with E-state index in [0.29, 0.717) is 23.4 Å². The zero-order chi connectivity index (χ0) is 23.5. The van der Waals surface area contributed by atoms with Crippen molar-refractivity contribution in [2.75, 3.05) is 30.9 Å². The van der Waals surface area contributed by atoms with E-state index in [-0.39, 0.29) is 22.9 Å². The number of nitrogens with one attached hydrogen (secondary N) is 2. The van der Waals surface area contributed by atoms with E-state index in [4.69, 9.17) is 16.3 Å². The monoisotopic (exact) mass is 463 g/mol. The topological polar surface area (TPSA) is 70.7 Å². The number of benzene rings is 3. The SMILES string of the molecule is CNC1CCN(C(=O)c2ccc(NC(=O)c3ccccc3C)cc2Cl)c2ccc(OC)cc21. The van der Waals surface area contributed by atoms with Crippen LogP contribution in [0.3, 0.4) is 0 Å². The van der Waals surface area contributed by atoms with Crippen LogP contribution in [-0.4, -0.2) is 32.5 Å². The lowest BCUT2D eigenvalue weighted by Crippen LogP contribution is -2.39. The Bertz CT molecular complexity index is 1210. The number of halogens is 1. The van der Waals surface area contributed by atoms with Crippen LogP contribution in [0.5, 0.6) is 5.75 Å². The van der Waals surface area contributed by atoms with Gasteiger partial charge in [0, 0.05) is 29.5 Å². The quantitative estimate of drug-likeness (QED) is 0.544. The van der Waals surface area contributed by atoms with Gasteiger partial charge in [0.2, 0.25) is 0 Å². The molecule has 0 bridgehead atoms. The van der Waals surface area contributed by atoms with E-state index >= 15 is 0 Å². The van der Waals surface area contributed by atoms with Crippen LogP contribution in [0.25, 0.3) is 0 Å². The molecule has 2 N–H and O–H groups in total. The number of nitrogens with zero attached hydrogens (tertiary/aromatic N) is 1. The average molecular weight is 464 g/mol. The molecule has 0 fully saturated rings. The Labute approximate surface area is 198 Å². The first-order chi connectivity index (χ1) is 15.9. The zero-order valence-electron chi connectivity index (χ0n) is 18.8. The number of anilines is 2. The van der Waals surface area contributed by atoms with Gasteiger partial charge in [0.25, 0.3) is 11.8 Å². The Balaban J connectivity index is 1.58. The summed E-state index contributed by atoms with van der Waals surface area (Å²) in [6.07, 6.45) is 0.768. The van der Waals surface area contributed by atoms with Crippen LogP contribution in [0.2, 0.25) is 5.02 Å². The van der Waals surface area contributed by atoms with Crippen LogP contribution in [-0.2, 0) is 0 Å². The molecule has 0 aliphatic carbocycles. The number of hydrogen-bond donors (Lipinski definition) is 2. The second kappa shape index (κ2) is 9.65. The number of amides is 2. The summed E-state index contributed by atoms with van der Waals surface area (Å²) in [6.45, 7) is 2.44. The smallest absolute Gasteiger partial charge is 0.259 e. The average Bonchev–Trinajstić information content (AvgIpc) is 2.82. The van der Waals surface area contributed by atoms with Crippen molar-refractivity contribution in [3.63, 3.8) is 0 Å². The Kier molecular flexibility index (Phi) is 6.67. The Morgan fingerprint density at radius 1 is 1.06 bits per heavy atom. The van der Waals surface area contributed by atoms with E-state index in [9.17, 15) is 9.59 Å². The Morgan fingerprint density at radius 3 is 2.55 bits per heavy atom. The summed E-state index contributed by atoms with van der Waals surface area (Å²) < 4.78 is 5.37. The minimum absolute atomic E-state index is 0.133. The third-order valence-electron chi connectivity index (χ3n) is 5.98. The summed E-state index contributed by atoms with van der Waals surface area (Å²) in [4.78, 5) is 27.8. The highest BCUT2D eigenvalue weighted by molar-refractivity contribution is 6.35. The number of carbonyl (C=O) groups excluding carboxylic acids is 2. The van der Waals surface area contributed by atoms with Crippen LogP contribution in [0.1, 0.15) is 44.3 Å². The lowest BCUT2D eigenvalue weighted by Gasteiger charge is -2.34. The highest BCUT2D eigenvalue weighted by Gasteiger charge is 2.30. The van der Waals surface area contributed by atoms with Gasteiger partial charge < -0.3 is 20.3 Å². The van der Waals surface area contributed by atoms with Crippen molar-refractivity contribution < 1.29 is 14.3 Å². The molecule has 0 saturated heterocycles. The molecule has 1 unspecified atom stereocenters. The summed E-state index contributed by atoms with van der Waals surface area (Å²) >= 11 is 6.50. The fourth-order valence-corrected chi connectivity index (χ4v) is 4.43. The Morgan fingerprint density at radius 2 is 1.85 bits per heavy atom. The van der Waals surface area contributed by atoms with E-state index < -0.39 is 0 Å². The first-order valence-electron chi connectivity index (χ1n) is 10.8. The van der Waals surface area contributed by atoms with Crippen LogP contribution in [0.4, 0.5) is 11.4 Å². The van der Waals surface area contributed by atoms with E-state index in [1.54, 1.807) is 36.3 Å². The number of carbonyl (C=O) groups is 2.